The Morgan fingerprint density at radius 2 is 0.644 bits per heavy atom. The van der Waals surface area contributed by atoms with Crippen molar-refractivity contribution in [3.05, 3.63) is 0 Å². The van der Waals surface area contributed by atoms with Crippen molar-refractivity contribution in [3.8, 4) is 0 Å². The summed E-state index contributed by atoms with van der Waals surface area (Å²) in [6.07, 6.45) is 53.2. The third kappa shape index (κ3) is 6.99. The first-order chi connectivity index (χ1) is 29.0. The van der Waals surface area contributed by atoms with Crippen molar-refractivity contribution in [2.45, 2.75) is 268 Å². The molecule has 0 radical (unpaired) electrons. The molecular weight excluding hydrogens is 713 g/mol. The lowest BCUT2D eigenvalue weighted by Gasteiger charge is -2.60. The van der Waals surface area contributed by atoms with Crippen LogP contribution in [0.3, 0.4) is 0 Å². The Kier molecular flexibility index (Phi) is 11.5. The van der Waals surface area contributed by atoms with Crippen LogP contribution in [-0.2, 0) is 0 Å². The lowest BCUT2D eigenvalue weighted by atomic mass is 9.54. The Balaban J connectivity index is 0.850. The molecule has 0 aromatic heterocycles. The fraction of sp³-hybridized carbons (Fsp3) is 1.00. The molecule has 59 heavy (non-hydrogen) atoms. The zero-order valence-corrected chi connectivity index (χ0v) is 39.0. The summed E-state index contributed by atoms with van der Waals surface area (Å²) in [4.78, 5) is 7.03. The van der Waals surface area contributed by atoms with Crippen molar-refractivity contribution < 1.29 is 0 Å². The van der Waals surface area contributed by atoms with Gasteiger partial charge in [0.15, 0.2) is 0 Å². The number of fused-ring (bicyclic) bond motifs is 6. The van der Waals surface area contributed by atoms with Crippen molar-refractivity contribution in [2.24, 2.45) is 88.3 Å². The Labute approximate surface area is 365 Å². The molecule has 0 aromatic rings. The summed E-state index contributed by atoms with van der Waals surface area (Å²) < 4.78 is 0. The SMILES string of the molecule is CC1(C)C2CC(N(C3CCCCC3)C3CC4CCCCC4C4CCCCC43)CC3CCC4CC(N(C5CCCCC5)C5CC6CCCCC6C6CCCCC65)CC1C4C32. The number of hydrogen-bond donors (Lipinski definition) is 0. The third-order valence-electron chi connectivity index (χ3n) is 23.9. The topological polar surface area (TPSA) is 6.48 Å². The van der Waals surface area contributed by atoms with E-state index >= 15 is 0 Å². The average Bonchev–Trinajstić information content (AvgIpc) is 3.52. The van der Waals surface area contributed by atoms with Gasteiger partial charge in [0.25, 0.3) is 0 Å². The highest BCUT2D eigenvalue weighted by Gasteiger charge is 2.65. The second kappa shape index (κ2) is 16.7. The molecule has 12 fully saturated rings. The predicted molar refractivity (Wildman–Crippen MR) is 246 cm³/mol. The molecule has 12 rings (SSSR count). The molecule has 0 N–H and O–H groups in total. The van der Waals surface area contributed by atoms with Crippen LogP contribution in [0.4, 0.5) is 0 Å². The van der Waals surface area contributed by atoms with Crippen LogP contribution in [0.1, 0.15) is 232 Å². The molecule has 0 saturated heterocycles. The van der Waals surface area contributed by atoms with Gasteiger partial charge in [-0.15, -0.1) is 0 Å². The molecule has 12 aliphatic rings. The second-order valence-corrected chi connectivity index (χ2v) is 26.3. The first kappa shape index (κ1) is 40.4. The third-order valence-corrected chi connectivity index (χ3v) is 23.9. The van der Waals surface area contributed by atoms with E-state index in [9.17, 15) is 0 Å². The Hall–Kier alpha value is -0.0800. The Bertz CT molecular complexity index is 1320. The van der Waals surface area contributed by atoms with Gasteiger partial charge in [-0.25, -0.2) is 0 Å². The van der Waals surface area contributed by atoms with Crippen LogP contribution in [0.15, 0.2) is 0 Å². The highest BCUT2D eigenvalue weighted by molar-refractivity contribution is 5.16. The van der Waals surface area contributed by atoms with E-state index in [-0.39, 0.29) is 0 Å². The van der Waals surface area contributed by atoms with Crippen molar-refractivity contribution in [3.63, 3.8) is 0 Å². The fourth-order valence-electron chi connectivity index (χ4n) is 22.0. The number of rotatable bonds is 6. The van der Waals surface area contributed by atoms with E-state index in [1.54, 1.807) is 154 Å². The standard InChI is InChI=1S/C57H94N2/c1-57(2)51-35-43(58(41-19-5-3-6-20-41)53-33-37-17-9-11-23-45(37)47-25-13-15-27-49(47)53)31-39-29-30-40-32-44(36-52(57)56(40)55(39)51)59(42-21-7-4-8-22-42)54-34-38-18-10-12-24-46(38)48-26-14-16-28-50(48)54/h37-56H,3-36H2,1-2H3. The van der Waals surface area contributed by atoms with Gasteiger partial charge in [-0.1, -0.05) is 117 Å². The minimum absolute atomic E-state index is 0.521. The molecule has 12 saturated carbocycles. The normalized spacial score (nSPS) is 51.3. The molecule has 18 unspecified atom stereocenters. The van der Waals surface area contributed by atoms with Crippen molar-refractivity contribution >= 4 is 0 Å². The molecule has 0 bridgehead atoms. The molecule has 0 aliphatic heterocycles. The van der Waals surface area contributed by atoms with Gasteiger partial charge in [0.2, 0.25) is 0 Å². The average molecular weight is 807 g/mol. The summed E-state index contributed by atoms with van der Waals surface area (Å²) in [6.45, 7) is 5.84. The van der Waals surface area contributed by atoms with Crippen LogP contribution in [0.5, 0.6) is 0 Å². The lowest BCUT2D eigenvalue weighted by molar-refractivity contribution is -0.108. The largest absolute Gasteiger partial charge is 0.294 e. The molecule has 12 aliphatic carbocycles. The summed E-state index contributed by atoms with van der Waals surface area (Å²) in [7, 11) is 0. The molecule has 0 heterocycles. The monoisotopic (exact) mass is 807 g/mol. The van der Waals surface area contributed by atoms with Crippen molar-refractivity contribution in [1.29, 1.82) is 0 Å². The number of nitrogens with zero attached hydrogens (tertiary/aromatic N) is 2. The van der Waals surface area contributed by atoms with Gasteiger partial charge in [0.05, 0.1) is 0 Å². The van der Waals surface area contributed by atoms with Gasteiger partial charge in [-0.3, -0.25) is 9.80 Å². The van der Waals surface area contributed by atoms with E-state index in [0.29, 0.717) is 5.41 Å². The van der Waals surface area contributed by atoms with Gasteiger partial charge in [-0.05, 0) is 204 Å². The maximum absolute atomic E-state index is 3.52. The van der Waals surface area contributed by atoms with Crippen molar-refractivity contribution in [2.75, 3.05) is 0 Å². The summed E-state index contributed by atoms with van der Waals surface area (Å²) in [5.74, 6) is 14.8. The van der Waals surface area contributed by atoms with E-state index < -0.39 is 0 Å². The first-order valence-corrected chi connectivity index (χ1v) is 28.6. The summed E-state index contributed by atoms with van der Waals surface area (Å²) in [5, 5.41) is 0. The summed E-state index contributed by atoms with van der Waals surface area (Å²) in [5.41, 5.74) is 0.521. The van der Waals surface area contributed by atoms with E-state index in [4.69, 9.17) is 0 Å². The van der Waals surface area contributed by atoms with Gasteiger partial charge < -0.3 is 0 Å². The minimum atomic E-state index is 0.521. The fourth-order valence-corrected chi connectivity index (χ4v) is 22.0. The van der Waals surface area contributed by atoms with Crippen LogP contribution in [0.25, 0.3) is 0 Å². The summed E-state index contributed by atoms with van der Waals surface area (Å²) >= 11 is 0. The minimum Gasteiger partial charge on any atom is -0.294 e. The molecule has 0 amide bonds. The maximum Gasteiger partial charge on any atom is 0.0135 e. The van der Waals surface area contributed by atoms with Gasteiger partial charge in [0.1, 0.15) is 0 Å². The van der Waals surface area contributed by atoms with E-state index in [1.165, 1.54) is 64.2 Å². The molecule has 18 atom stereocenters. The van der Waals surface area contributed by atoms with Crippen LogP contribution < -0.4 is 0 Å². The smallest absolute Gasteiger partial charge is 0.0135 e. The van der Waals surface area contributed by atoms with Crippen LogP contribution in [0.2, 0.25) is 0 Å². The van der Waals surface area contributed by atoms with E-state index in [1.807, 2.05) is 0 Å². The first-order valence-electron chi connectivity index (χ1n) is 28.6. The quantitative estimate of drug-likeness (QED) is 0.264. The molecular formula is C57H94N2. The zero-order chi connectivity index (χ0) is 39.2. The predicted octanol–water partition coefficient (Wildman–Crippen LogP) is 14.9. The highest BCUT2D eigenvalue weighted by Crippen LogP contribution is 2.70. The Morgan fingerprint density at radius 1 is 0.288 bits per heavy atom. The summed E-state index contributed by atoms with van der Waals surface area (Å²) in [6, 6.07) is 5.50. The number of hydrogen-bond acceptors (Lipinski definition) is 2. The van der Waals surface area contributed by atoms with E-state index in [2.05, 4.69) is 23.6 Å². The molecule has 332 valence electrons. The van der Waals surface area contributed by atoms with Gasteiger partial charge in [0, 0.05) is 36.3 Å². The van der Waals surface area contributed by atoms with E-state index in [0.717, 1.165) is 119 Å². The zero-order valence-electron chi connectivity index (χ0n) is 39.0. The molecule has 0 spiro atoms. The molecule has 0 aromatic carbocycles. The van der Waals surface area contributed by atoms with Crippen LogP contribution in [-0.4, -0.2) is 46.1 Å². The second-order valence-electron chi connectivity index (χ2n) is 26.3. The van der Waals surface area contributed by atoms with Gasteiger partial charge >= 0.3 is 0 Å². The van der Waals surface area contributed by atoms with Crippen LogP contribution in [0, 0.1) is 88.3 Å². The van der Waals surface area contributed by atoms with Crippen molar-refractivity contribution in [1.82, 2.24) is 9.80 Å². The van der Waals surface area contributed by atoms with Gasteiger partial charge in [-0.2, -0.15) is 0 Å². The Morgan fingerprint density at radius 3 is 1.07 bits per heavy atom. The molecule has 2 nitrogen and oxygen atoms in total. The lowest BCUT2D eigenvalue weighted by Crippen LogP contribution is -2.61. The highest BCUT2D eigenvalue weighted by atomic mass is 15.2. The maximum atomic E-state index is 3.52. The molecule has 2 heteroatoms. The van der Waals surface area contributed by atoms with Crippen LogP contribution >= 0.6 is 0 Å².